The van der Waals surface area contributed by atoms with Gasteiger partial charge in [0.15, 0.2) is 0 Å². The van der Waals surface area contributed by atoms with Crippen molar-refractivity contribution in [2.24, 2.45) is 0 Å². The van der Waals surface area contributed by atoms with E-state index in [0.717, 1.165) is 11.1 Å². The predicted molar refractivity (Wildman–Crippen MR) is 73.2 cm³/mol. The van der Waals surface area contributed by atoms with Gasteiger partial charge in [-0.3, -0.25) is 0 Å². The molecule has 1 aliphatic rings. The maximum absolute atomic E-state index is 12.1. The second-order valence-electron chi connectivity index (χ2n) is 4.68. The fraction of sp³-hybridized carbons (Fsp3) is 0.462. The van der Waals surface area contributed by atoms with Crippen LogP contribution in [0.25, 0.3) is 0 Å². The number of rotatable bonds is 5. The fourth-order valence-corrected chi connectivity index (χ4v) is 3.56. The number of benzene rings is 1. The molecule has 0 saturated carbocycles. The van der Waals surface area contributed by atoms with Crippen molar-refractivity contribution in [3.05, 3.63) is 34.9 Å². The van der Waals surface area contributed by atoms with Crippen LogP contribution in [0.4, 0.5) is 0 Å². The fourth-order valence-electron chi connectivity index (χ4n) is 2.22. The number of fused-ring (bicyclic) bond motifs is 1. The summed E-state index contributed by atoms with van der Waals surface area (Å²) < 4.78 is 30.4. The number of carboxylic acids is 1. The number of carbonyl (C=O) groups is 1. The van der Waals surface area contributed by atoms with Gasteiger partial charge in [0.2, 0.25) is 10.0 Å². The third-order valence-electron chi connectivity index (χ3n) is 3.37. The van der Waals surface area contributed by atoms with E-state index in [-0.39, 0.29) is 24.5 Å². The zero-order valence-electron chi connectivity index (χ0n) is 11.2. The minimum absolute atomic E-state index is 0.0581. The first-order chi connectivity index (χ1) is 9.44. The third-order valence-corrected chi connectivity index (χ3v) is 5.15. The van der Waals surface area contributed by atoms with Gasteiger partial charge in [-0.25, -0.2) is 13.2 Å². The molecule has 7 heteroatoms. The first-order valence-corrected chi connectivity index (χ1v) is 7.87. The number of carboxylic acid groups (broad SMARTS) is 1. The van der Waals surface area contributed by atoms with Crippen molar-refractivity contribution < 1.29 is 23.1 Å². The first-order valence-electron chi connectivity index (χ1n) is 6.26. The van der Waals surface area contributed by atoms with Crippen LogP contribution in [0.2, 0.25) is 0 Å². The summed E-state index contributed by atoms with van der Waals surface area (Å²) >= 11 is 0. The molecular weight excluding hydrogens is 282 g/mol. The van der Waals surface area contributed by atoms with E-state index in [2.05, 4.69) is 0 Å². The summed E-state index contributed by atoms with van der Waals surface area (Å²) in [4.78, 5) is 11.0. The highest BCUT2D eigenvalue weighted by Crippen LogP contribution is 2.22. The number of hydrogen-bond donors (Lipinski definition) is 1. The van der Waals surface area contributed by atoms with Crippen molar-refractivity contribution in [1.29, 1.82) is 0 Å². The van der Waals surface area contributed by atoms with E-state index >= 15 is 0 Å². The highest BCUT2D eigenvalue weighted by Gasteiger charge is 2.26. The summed E-state index contributed by atoms with van der Waals surface area (Å²) in [5.41, 5.74) is 1.95. The van der Waals surface area contributed by atoms with E-state index in [1.807, 2.05) is 0 Å². The van der Waals surface area contributed by atoms with Crippen LogP contribution in [0.1, 0.15) is 21.5 Å². The molecule has 0 bridgehead atoms. The molecule has 1 aromatic carbocycles. The number of nitrogens with zero attached hydrogens (tertiary/aromatic N) is 1. The molecule has 6 nitrogen and oxygen atoms in total. The van der Waals surface area contributed by atoms with E-state index < -0.39 is 16.0 Å². The molecule has 0 amide bonds. The summed E-state index contributed by atoms with van der Waals surface area (Å²) in [5, 5.41) is 8.98. The Labute approximate surface area is 118 Å². The molecule has 0 atom stereocenters. The zero-order chi connectivity index (χ0) is 14.8. The molecule has 0 unspecified atom stereocenters. The van der Waals surface area contributed by atoms with Gasteiger partial charge >= 0.3 is 5.97 Å². The van der Waals surface area contributed by atoms with Gasteiger partial charge < -0.3 is 9.84 Å². The van der Waals surface area contributed by atoms with E-state index in [4.69, 9.17) is 9.84 Å². The molecule has 1 aliphatic heterocycles. The van der Waals surface area contributed by atoms with Gasteiger partial charge in [-0.15, -0.1) is 0 Å². The molecule has 1 heterocycles. The Balaban J connectivity index is 2.21. The van der Waals surface area contributed by atoms with E-state index in [1.165, 1.54) is 11.4 Å². The topological polar surface area (TPSA) is 83.9 Å². The average molecular weight is 299 g/mol. The van der Waals surface area contributed by atoms with Gasteiger partial charge in [-0.05, 0) is 29.7 Å². The SMILES string of the molecule is COCCS(=O)(=O)N1CCc2ccc(C(=O)O)cc2C1. The van der Waals surface area contributed by atoms with Gasteiger partial charge in [0.1, 0.15) is 0 Å². The molecule has 20 heavy (non-hydrogen) atoms. The van der Waals surface area contributed by atoms with Crippen molar-refractivity contribution in [2.75, 3.05) is 26.0 Å². The molecule has 0 fully saturated rings. The lowest BCUT2D eigenvalue weighted by molar-refractivity contribution is 0.0696. The van der Waals surface area contributed by atoms with Crippen LogP contribution < -0.4 is 0 Å². The Bertz CT molecular complexity index is 611. The standard InChI is InChI=1S/C13H17NO5S/c1-19-6-7-20(17,18)14-5-4-10-2-3-11(13(15)16)8-12(10)9-14/h2-3,8H,4-7,9H2,1H3,(H,15,16). The summed E-state index contributed by atoms with van der Waals surface area (Å²) in [6.07, 6.45) is 0.599. The van der Waals surface area contributed by atoms with Crippen molar-refractivity contribution in [3.63, 3.8) is 0 Å². The largest absolute Gasteiger partial charge is 0.478 e. The van der Waals surface area contributed by atoms with Crippen LogP contribution in [-0.4, -0.2) is 49.8 Å². The van der Waals surface area contributed by atoms with Crippen molar-refractivity contribution >= 4 is 16.0 Å². The first kappa shape index (κ1) is 15.0. The third kappa shape index (κ3) is 3.17. The Kier molecular flexibility index (Phi) is 4.42. The second kappa shape index (κ2) is 5.90. The predicted octanol–water partition coefficient (Wildman–Crippen LogP) is 0.719. The van der Waals surface area contributed by atoms with Gasteiger partial charge in [-0.2, -0.15) is 4.31 Å². The molecule has 1 N–H and O–H groups in total. The number of hydrogen-bond acceptors (Lipinski definition) is 4. The Hall–Kier alpha value is -1.44. The minimum Gasteiger partial charge on any atom is -0.478 e. The molecule has 0 aliphatic carbocycles. The summed E-state index contributed by atoms with van der Waals surface area (Å²) in [6.45, 7) is 0.800. The lowest BCUT2D eigenvalue weighted by atomic mass is 9.99. The Morgan fingerprint density at radius 3 is 2.80 bits per heavy atom. The number of methoxy groups -OCH3 is 1. The zero-order valence-corrected chi connectivity index (χ0v) is 12.0. The van der Waals surface area contributed by atoms with E-state index in [0.29, 0.717) is 13.0 Å². The smallest absolute Gasteiger partial charge is 0.335 e. The maximum Gasteiger partial charge on any atom is 0.335 e. The van der Waals surface area contributed by atoms with Crippen LogP contribution in [0.3, 0.4) is 0 Å². The Morgan fingerprint density at radius 1 is 1.40 bits per heavy atom. The molecule has 0 aromatic heterocycles. The molecule has 0 radical (unpaired) electrons. The van der Waals surface area contributed by atoms with Gasteiger partial charge in [0.05, 0.1) is 17.9 Å². The maximum atomic E-state index is 12.1. The van der Waals surface area contributed by atoms with Crippen LogP contribution in [0, 0.1) is 0 Å². The van der Waals surface area contributed by atoms with E-state index in [1.54, 1.807) is 18.2 Å². The second-order valence-corrected chi connectivity index (χ2v) is 6.77. The number of ether oxygens (including phenoxy) is 1. The molecule has 0 spiro atoms. The van der Waals surface area contributed by atoms with Crippen LogP contribution in [0.15, 0.2) is 18.2 Å². The number of sulfonamides is 1. The van der Waals surface area contributed by atoms with Crippen LogP contribution in [-0.2, 0) is 27.7 Å². The average Bonchev–Trinajstić information content (AvgIpc) is 2.43. The summed E-state index contributed by atoms with van der Waals surface area (Å²) in [6, 6.07) is 4.86. The van der Waals surface area contributed by atoms with Crippen molar-refractivity contribution in [1.82, 2.24) is 4.31 Å². The van der Waals surface area contributed by atoms with Crippen molar-refractivity contribution in [2.45, 2.75) is 13.0 Å². The molecule has 1 aromatic rings. The quantitative estimate of drug-likeness (QED) is 0.866. The lowest BCUT2D eigenvalue weighted by Gasteiger charge is -2.28. The lowest BCUT2D eigenvalue weighted by Crippen LogP contribution is -2.38. The van der Waals surface area contributed by atoms with Crippen LogP contribution >= 0.6 is 0 Å². The van der Waals surface area contributed by atoms with Crippen LogP contribution in [0.5, 0.6) is 0 Å². The van der Waals surface area contributed by atoms with Crippen molar-refractivity contribution in [3.8, 4) is 0 Å². The molecule has 110 valence electrons. The molecular formula is C13H17NO5S. The van der Waals surface area contributed by atoms with Gasteiger partial charge in [0, 0.05) is 20.2 Å². The highest BCUT2D eigenvalue weighted by atomic mass is 32.2. The highest BCUT2D eigenvalue weighted by molar-refractivity contribution is 7.89. The monoisotopic (exact) mass is 299 g/mol. The minimum atomic E-state index is -3.36. The molecule has 2 rings (SSSR count). The number of aromatic carboxylic acids is 1. The van der Waals surface area contributed by atoms with Gasteiger partial charge in [-0.1, -0.05) is 6.07 Å². The normalized spacial score (nSPS) is 15.8. The Morgan fingerprint density at radius 2 is 2.15 bits per heavy atom. The summed E-state index contributed by atoms with van der Waals surface area (Å²) in [7, 11) is -1.90. The van der Waals surface area contributed by atoms with E-state index in [9.17, 15) is 13.2 Å². The molecule has 0 saturated heterocycles. The van der Waals surface area contributed by atoms with Gasteiger partial charge in [0.25, 0.3) is 0 Å². The summed E-state index contributed by atoms with van der Waals surface area (Å²) in [5.74, 6) is -1.07.